The number of benzene rings is 2. The number of fused-ring (bicyclic) bond motifs is 1. The van der Waals surface area contributed by atoms with E-state index in [2.05, 4.69) is 22.1 Å². The molecule has 1 aliphatic heterocycles. The Balaban J connectivity index is 1.91. The molecule has 2 heterocycles. The molecule has 6 nitrogen and oxygen atoms in total. The van der Waals surface area contributed by atoms with Crippen molar-refractivity contribution in [3.63, 3.8) is 0 Å². The highest BCUT2D eigenvalue weighted by atomic mass is 35.5. The fraction of sp³-hybridized carbons (Fsp3) is 0.318. The van der Waals surface area contributed by atoms with Crippen LogP contribution in [-0.2, 0) is 6.42 Å². The molecule has 1 amide bonds. The van der Waals surface area contributed by atoms with Gasteiger partial charge in [-0.1, -0.05) is 36.7 Å². The first-order valence-corrected chi connectivity index (χ1v) is 10.2. The SMILES string of the molecule is CCc1nc(N(C2CCN2)[C@@H](C)c2ccc(Cl)cc2)c2cccc(C(N)=O)c2n1. The van der Waals surface area contributed by atoms with Gasteiger partial charge in [0, 0.05) is 23.4 Å². The number of carbonyl (C=O) groups is 1. The third-order valence-corrected chi connectivity index (χ3v) is 5.73. The summed E-state index contributed by atoms with van der Waals surface area (Å²) in [6, 6.07) is 13.4. The van der Waals surface area contributed by atoms with E-state index in [-0.39, 0.29) is 12.2 Å². The lowest BCUT2D eigenvalue weighted by Gasteiger charge is -2.43. The largest absolute Gasteiger partial charge is 0.366 e. The molecule has 2 atom stereocenters. The Kier molecular flexibility index (Phi) is 5.39. The molecule has 2 aromatic carbocycles. The van der Waals surface area contributed by atoms with E-state index in [0.717, 1.165) is 29.7 Å². The van der Waals surface area contributed by atoms with Gasteiger partial charge < -0.3 is 10.6 Å². The number of hydrogen-bond donors (Lipinski definition) is 2. The predicted molar refractivity (Wildman–Crippen MR) is 116 cm³/mol. The van der Waals surface area contributed by atoms with Gasteiger partial charge in [0.15, 0.2) is 0 Å². The van der Waals surface area contributed by atoms with E-state index in [4.69, 9.17) is 22.3 Å². The highest BCUT2D eigenvalue weighted by Gasteiger charge is 2.32. The number of halogens is 1. The van der Waals surface area contributed by atoms with Crippen LogP contribution in [0.25, 0.3) is 10.9 Å². The van der Waals surface area contributed by atoms with Crippen LogP contribution >= 0.6 is 11.6 Å². The van der Waals surface area contributed by atoms with Crippen LogP contribution in [0.2, 0.25) is 5.02 Å². The van der Waals surface area contributed by atoms with Crippen molar-refractivity contribution in [2.75, 3.05) is 11.4 Å². The zero-order valence-electron chi connectivity index (χ0n) is 16.5. The first kappa shape index (κ1) is 19.6. The molecule has 150 valence electrons. The van der Waals surface area contributed by atoms with Crippen LogP contribution < -0.4 is 16.0 Å². The summed E-state index contributed by atoms with van der Waals surface area (Å²) in [5.74, 6) is 1.02. The van der Waals surface area contributed by atoms with Crippen LogP contribution in [-0.4, -0.2) is 28.6 Å². The Hall–Kier alpha value is -2.70. The molecule has 0 saturated carbocycles. The first-order chi connectivity index (χ1) is 14.0. The molecule has 1 aromatic heterocycles. The number of rotatable bonds is 6. The number of aryl methyl sites for hydroxylation is 1. The van der Waals surface area contributed by atoms with Crippen molar-refractivity contribution in [2.45, 2.75) is 38.9 Å². The summed E-state index contributed by atoms with van der Waals surface area (Å²) < 4.78 is 0. The van der Waals surface area contributed by atoms with Crippen molar-refractivity contribution in [2.24, 2.45) is 5.73 Å². The summed E-state index contributed by atoms with van der Waals surface area (Å²) in [4.78, 5) is 23.8. The number of hydrogen-bond acceptors (Lipinski definition) is 5. The molecule has 0 aliphatic carbocycles. The molecule has 1 unspecified atom stereocenters. The zero-order valence-corrected chi connectivity index (χ0v) is 17.3. The predicted octanol–water partition coefficient (Wildman–Crippen LogP) is 3.83. The number of amides is 1. The Morgan fingerprint density at radius 1 is 1.28 bits per heavy atom. The molecular formula is C22H24ClN5O. The zero-order chi connectivity index (χ0) is 20.5. The molecule has 0 spiro atoms. The first-order valence-electron chi connectivity index (χ1n) is 9.86. The van der Waals surface area contributed by atoms with Crippen molar-refractivity contribution >= 4 is 34.2 Å². The van der Waals surface area contributed by atoms with Crippen LogP contribution in [0.15, 0.2) is 42.5 Å². The van der Waals surface area contributed by atoms with Crippen molar-refractivity contribution in [3.05, 3.63) is 64.4 Å². The van der Waals surface area contributed by atoms with Gasteiger partial charge in [0.05, 0.1) is 23.3 Å². The summed E-state index contributed by atoms with van der Waals surface area (Å²) in [6.45, 7) is 5.12. The van der Waals surface area contributed by atoms with E-state index in [9.17, 15) is 4.79 Å². The minimum atomic E-state index is -0.485. The lowest BCUT2D eigenvalue weighted by Crippen LogP contribution is -2.56. The van der Waals surface area contributed by atoms with Crippen LogP contribution in [0, 0.1) is 0 Å². The minimum Gasteiger partial charge on any atom is -0.366 e. The number of anilines is 1. The number of nitrogens with zero attached hydrogens (tertiary/aromatic N) is 3. The van der Waals surface area contributed by atoms with Crippen molar-refractivity contribution < 1.29 is 4.79 Å². The van der Waals surface area contributed by atoms with Gasteiger partial charge in [-0.05, 0) is 43.2 Å². The van der Waals surface area contributed by atoms with E-state index >= 15 is 0 Å². The van der Waals surface area contributed by atoms with Crippen molar-refractivity contribution in [1.82, 2.24) is 15.3 Å². The minimum absolute atomic E-state index is 0.0464. The van der Waals surface area contributed by atoms with Gasteiger partial charge in [-0.3, -0.25) is 10.1 Å². The van der Waals surface area contributed by atoms with E-state index in [1.54, 1.807) is 6.07 Å². The molecule has 1 fully saturated rings. The normalized spacial score (nSPS) is 17.0. The van der Waals surface area contributed by atoms with Gasteiger partial charge in [0.2, 0.25) is 0 Å². The van der Waals surface area contributed by atoms with E-state index in [1.165, 1.54) is 0 Å². The number of primary amides is 1. The Morgan fingerprint density at radius 3 is 2.59 bits per heavy atom. The van der Waals surface area contributed by atoms with Gasteiger partial charge in [-0.25, -0.2) is 9.97 Å². The molecule has 1 aliphatic rings. The molecule has 4 rings (SSSR count). The van der Waals surface area contributed by atoms with Crippen LogP contribution in [0.5, 0.6) is 0 Å². The third kappa shape index (κ3) is 3.66. The molecule has 7 heteroatoms. The van der Waals surface area contributed by atoms with E-state index in [0.29, 0.717) is 28.3 Å². The Labute approximate surface area is 175 Å². The molecule has 3 aromatic rings. The van der Waals surface area contributed by atoms with Crippen molar-refractivity contribution in [1.29, 1.82) is 0 Å². The smallest absolute Gasteiger partial charge is 0.250 e. The van der Waals surface area contributed by atoms with Gasteiger partial charge >= 0.3 is 0 Å². The van der Waals surface area contributed by atoms with Crippen LogP contribution in [0.1, 0.15) is 48.1 Å². The van der Waals surface area contributed by atoms with Gasteiger partial charge in [0.1, 0.15) is 11.6 Å². The number of para-hydroxylation sites is 1. The number of nitrogens with one attached hydrogen (secondary N) is 1. The highest BCUT2D eigenvalue weighted by molar-refractivity contribution is 6.30. The number of carbonyl (C=O) groups excluding carboxylic acids is 1. The third-order valence-electron chi connectivity index (χ3n) is 5.48. The summed E-state index contributed by atoms with van der Waals surface area (Å²) in [5.41, 5.74) is 7.78. The molecule has 3 N–H and O–H groups in total. The lowest BCUT2D eigenvalue weighted by atomic mass is 10.0. The maximum atomic E-state index is 12.0. The molecule has 29 heavy (non-hydrogen) atoms. The molecule has 0 bridgehead atoms. The summed E-state index contributed by atoms with van der Waals surface area (Å²) in [5, 5.41) is 5.03. The summed E-state index contributed by atoms with van der Waals surface area (Å²) in [7, 11) is 0. The fourth-order valence-corrected chi connectivity index (χ4v) is 3.87. The molecule has 0 radical (unpaired) electrons. The van der Waals surface area contributed by atoms with E-state index < -0.39 is 5.91 Å². The van der Waals surface area contributed by atoms with Gasteiger partial charge in [0.25, 0.3) is 5.91 Å². The summed E-state index contributed by atoms with van der Waals surface area (Å²) >= 11 is 6.09. The maximum absolute atomic E-state index is 12.0. The average Bonchev–Trinajstić information content (AvgIpc) is 2.69. The van der Waals surface area contributed by atoms with Crippen LogP contribution in [0.3, 0.4) is 0 Å². The Bertz CT molecular complexity index is 1050. The average molecular weight is 410 g/mol. The molecule has 1 saturated heterocycles. The fourth-order valence-electron chi connectivity index (χ4n) is 3.75. The van der Waals surface area contributed by atoms with Crippen molar-refractivity contribution in [3.8, 4) is 0 Å². The lowest BCUT2D eigenvalue weighted by molar-refractivity contribution is 0.100. The summed E-state index contributed by atoms with van der Waals surface area (Å²) in [6.07, 6.45) is 1.83. The maximum Gasteiger partial charge on any atom is 0.250 e. The number of nitrogens with two attached hydrogens (primary N) is 1. The topological polar surface area (TPSA) is 84.1 Å². The second kappa shape index (κ2) is 7.97. The second-order valence-electron chi connectivity index (χ2n) is 7.28. The Morgan fingerprint density at radius 2 is 2.00 bits per heavy atom. The highest BCUT2D eigenvalue weighted by Crippen LogP contribution is 2.35. The standard InChI is InChI=1S/C22H24ClN5O/c1-3-18-26-20-16(21(24)29)5-4-6-17(20)22(27-18)28(19-11-12-25-19)13(2)14-7-9-15(23)10-8-14/h4-10,13,19,25H,3,11-12H2,1-2H3,(H2,24,29)/t13-,19?/m0/s1. The van der Waals surface area contributed by atoms with Gasteiger partial charge in [-0.2, -0.15) is 0 Å². The van der Waals surface area contributed by atoms with Gasteiger partial charge in [-0.15, -0.1) is 0 Å². The number of aromatic nitrogens is 2. The van der Waals surface area contributed by atoms with Crippen LogP contribution in [0.4, 0.5) is 5.82 Å². The quantitative estimate of drug-likeness (QED) is 0.646. The monoisotopic (exact) mass is 409 g/mol. The molecular weight excluding hydrogens is 386 g/mol. The second-order valence-corrected chi connectivity index (χ2v) is 7.71. The van der Waals surface area contributed by atoms with E-state index in [1.807, 2.05) is 43.3 Å².